The lowest BCUT2D eigenvalue weighted by atomic mass is 10.0. The van der Waals surface area contributed by atoms with Crippen molar-refractivity contribution >= 4 is 23.4 Å². The predicted octanol–water partition coefficient (Wildman–Crippen LogP) is 2.93. The number of carboxylic acids is 1. The Labute approximate surface area is 133 Å². The number of carboxylic acid groups (broad SMARTS) is 1. The van der Waals surface area contributed by atoms with Crippen LogP contribution in [-0.2, 0) is 11.2 Å². The number of aromatic carboxylic acids is 1. The van der Waals surface area contributed by atoms with Gasteiger partial charge in [0.1, 0.15) is 18.0 Å². The Bertz CT molecular complexity index is 602. The fraction of sp³-hybridized carbons (Fsp3) is 0.600. The summed E-state index contributed by atoms with van der Waals surface area (Å²) in [6.45, 7) is 7.58. The lowest BCUT2D eigenvalue weighted by Crippen LogP contribution is -2.46. The molecule has 1 N–H and O–H groups in total. The lowest BCUT2D eigenvalue weighted by molar-refractivity contribution is 0.0157. The quantitative estimate of drug-likeness (QED) is 0.904. The van der Waals surface area contributed by atoms with E-state index in [1.807, 2.05) is 27.7 Å². The molecule has 0 spiro atoms. The van der Waals surface area contributed by atoms with Crippen LogP contribution in [0.5, 0.6) is 5.75 Å². The first kappa shape index (κ1) is 16.6. The molecule has 22 heavy (non-hydrogen) atoms. The van der Waals surface area contributed by atoms with Gasteiger partial charge in [0.25, 0.3) is 0 Å². The van der Waals surface area contributed by atoms with E-state index < -0.39 is 17.7 Å². The summed E-state index contributed by atoms with van der Waals surface area (Å²) in [5.41, 5.74) is 0.315. The molecule has 0 aromatic carbocycles. The van der Waals surface area contributed by atoms with Gasteiger partial charge >= 0.3 is 12.1 Å². The van der Waals surface area contributed by atoms with Gasteiger partial charge in [0, 0.05) is 23.9 Å². The topological polar surface area (TPSA) is 76.1 Å². The minimum absolute atomic E-state index is 0.169. The minimum atomic E-state index is -0.978. The number of ether oxygens (including phenoxy) is 2. The third-order valence-corrected chi connectivity index (χ3v) is 4.56. The summed E-state index contributed by atoms with van der Waals surface area (Å²) in [6.07, 6.45) is 0.164. The maximum absolute atomic E-state index is 12.1. The van der Waals surface area contributed by atoms with E-state index in [-0.39, 0.29) is 17.5 Å². The third kappa shape index (κ3) is 3.35. The van der Waals surface area contributed by atoms with Gasteiger partial charge in [0.05, 0.1) is 6.04 Å². The molecule has 1 aromatic heterocycles. The Morgan fingerprint density at radius 3 is 2.59 bits per heavy atom. The Balaban J connectivity index is 2.15. The second-order valence-corrected chi connectivity index (χ2v) is 7.59. The van der Waals surface area contributed by atoms with Crippen molar-refractivity contribution in [2.75, 3.05) is 13.7 Å². The molecule has 1 aliphatic rings. The summed E-state index contributed by atoms with van der Waals surface area (Å²) < 4.78 is 11.0. The van der Waals surface area contributed by atoms with E-state index in [4.69, 9.17) is 9.47 Å². The maximum Gasteiger partial charge on any atom is 0.410 e. The van der Waals surface area contributed by atoms with Crippen molar-refractivity contribution in [3.8, 4) is 5.75 Å². The van der Waals surface area contributed by atoms with Crippen LogP contribution in [-0.4, -0.2) is 47.4 Å². The zero-order valence-electron chi connectivity index (χ0n) is 13.4. The molecule has 0 radical (unpaired) electrons. The molecule has 0 fully saturated rings. The van der Waals surface area contributed by atoms with Crippen molar-refractivity contribution < 1.29 is 24.2 Å². The average molecular weight is 327 g/mol. The highest BCUT2D eigenvalue weighted by Gasteiger charge is 2.33. The van der Waals surface area contributed by atoms with Crippen LogP contribution in [0.25, 0.3) is 0 Å². The zero-order valence-corrected chi connectivity index (χ0v) is 14.2. The Morgan fingerprint density at radius 1 is 1.41 bits per heavy atom. The van der Waals surface area contributed by atoms with E-state index in [9.17, 15) is 14.7 Å². The zero-order chi connectivity index (χ0) is 16.7. The van der Waals surface area contributed by atoms with Crippen molar-refractivity contribution in [1.29, 1.82) is 0 Å². The van der Waals surface area contributed by atoms with Crippen LogP contribution in [0.4, 0.5) is 4.79 Å². The van der Waals surface area contributed by atoms with Gasteiger partial charge in [-0.25, -0.2) is 9.59 Å². The third-order valence-electron chi connectivity index (χ3n) is 3.44. The molecule has 2 heterocycles. The van der Waals surface area contributed by atoms with Crippen molar-refractivity contribution in [1.82, 2.24) is 4.90 Å². The molecule has 1 aromatic rings. The molecule has 6 nitrogen and oxygen atoms in total. The number of carbonyl (C=O) groups excluding carboxylic acids is 1. The van der Waals surface area contributed by atoms with Crippen molar-refractivity contribution in [2.24, 2.45) is 0 Å². The van der Waals surface area contributed by atoms with Gasteiger partial charge in [-0.05, 0) is 27.7 Å². The van der Waals surface area contributed by atoms with Crippen molar-refractivity contribution in [3.05, 3.63) is 15.3 Å². The van der Waals surface area contributed by atoms with Gasteiger partial charge in [-0.1, -0.05) is 0 Å². The van der Waals surface area contributed by atoms with Gasteiger partial charge < -0.3 is 19.5 Å². The molecule has 1 amide bonds. The number of likely N-dealkylation sites (N-methyl/N-ethyl adjacent to an activating group) is 1. The minimum Gasteiger partial charge on any atom is -0.489 e. The smallest absolute Gasteiger partial charge is 0.410 e. The van der Waals surface area contributed by atoms with Crippen LogP contribution in [0.2, 0.25) is 0 Å². The van der Waals surface area contributed by atoms with Crippen LogP contribution < -0.4 is 4.74 Å². The molecule has 1 atom stereocenters. The second kappa shape index (κ2) is 5.79. The summed E-state index contributed by atoms with van der Waals surface area (Å²) in [5, 5.41) is 9.19. The van der Waals surface area contributed by atoms with Gasteiger partial charge in [-0.2, -0.15) is 0 Å². The summed E-state index contributed by atoms with van der Waals surface area (Å²) in [5.74, 6) is -0.530. The van der Waals surface area contributed by atoms with E-state index in [0.717, 1.165) is 10.4 Å². The van der Waals surface area contributed by atoms with Gasteiger partial charge in [-0.3, -0.25) is 0 Å². The molecule has 7 heteroatoms. The molecule has 0 saturated heterocycles. The molecule has 0 aliphatic carbocycles. The fourth-order valence-electron chi connectivity index (χ4n) is 2.29. The largest absolute Gasteiger partial charge is 0.489 e. The number of thiophene rings is 1. The molecular weight excluding hydrogens is 306 g/mol. The summed E-state index contributed by atoms with van der Waals surface area (Å²) in [6, 6.07) is -0.169. The Hall–Kier alpha value is -1.76. The Kier molecular flexibility index (Phi) is 4.37. The summed E-state index contributed by atoms with van der Waals surface area (Å²) >= 11 is 1.21. The van der Waals surface area contributed by atoms with E-state index in [0.29, 0.717) is 12.2 Å². The molecule has 1 aliphatic heterocycles. The number of nitrogens with zero attached hydrogens (tertiary/aromatic N) is 1. The molecule has 0 saturated carbocycles. The van der Waals surface area contributed by atoms with E-state index >= 15 is 0 Å². The van der Waals surface area contributed by atoms with Crippen LogP contribution in [0.15, 0.2) is 0 Å². The molecule has 0 bridgehead atoms. The maximum atomic E-state index is 12.1. The first-order chi connectivity index (χ1) is 10.1. The summed E-state index contributed by atoms with van der Waals surface area (Å²) in [4.78, 5) is 26.0. The highest BCUT2D eigenvalue weighted by molar-refractivity contribution is 7.14. The molecule has 2 rings (SSSR count). The highest BCUT2D eigenvalue weighted by Crippen LogP contribution is 2.39. The normalized spacial score (nSPS) is 17.4. The first-order valence-corrected chi connectivity index (χ1v) is 7.86. The highest BCUT2D eigenvalue weighted by atomic mass is 32.1. The molecule has 122 valence electrons. The number of carbonyl (C=O) groups is 2. The number of hydrogen-bond acceptors (Lipinski definition) is 5. The second-order valence-electron chi connectivity index (χ2n) is 6.36. The fourth-order valence-corrected chi connectivity index (χ4v) is 3.26. The Morgan fingerprint density at radius 2 is 2.05 bits per heavy atom. The monoisotopic (exact) mass is 327 g/mol. The van der Waals surface area contributed by atoms with Crippen LogP contribution in [0.1, 0.15) is 40.9 Å². The summed E-state index contributed by atoms with van der Waals surface area (Å²) in [7, 11) is 1.67. The first-order valence-electron chi connectivity index (χ1n) is 7.04. The standard InChI is InChI=1S/C15H21NO5S/c1-8-10-6-9(16(5)14(19)21-15(2,3)4)7-20-11(10)12(22-8)13(17)18/h9H,6-7H2,1-5H3,(H,17,18). The van der Waals surface area contributed by atoms with Gasteiger partial charge in [-0.15, -0.1) is 11.3 Å². The number of aryl methyl sites for hydroxylation is 1. The lowest BCUT2D eigenvalue weighted by Gasteiger charge is -2.33. The van der Waals surface area contributed by atoms with Crippen LogP contribution in [0, 0.1) is 6.92 Å². The van der Waals surface area contributed by atoms with Crippen molar-refractivity contribution in [3.63, 3.8) is 0 Å². The van der Waals surface area contributed by atoms with Gasteiger partial charge in [0.15, 0.2) is 4.88 Å². The van der Waals surface area contributed by atoms with E-state index in [2.05, 4.69) is 0 Å². The van der Waals surface area contributed by atoms with Crippen LogP contribution in [0.3, 0.4) is 0 Å². The van der Waals surface area contributed by atoms with Crippen LogP contribution >= 0.6 is 11.3 Å². The number of fused-ring (bicyclic) bond motifs is 1. The average Bonchev–Trinajstić information content (AvgIpc) is 2.73. The van der Waals surface area contributed by atoms with E-state index in [1.165, 1.54) is 16.2 Å². The number of amides is 1. The van der Waals surface area contributed by atoms with Gasteiger partial charge in [0.2, 0.25) is 0 Å². The predicted molar refractivity (Wildman–Crippen MR) is 83.0 cm³/mol. The van der Waals surface area contributed by atoms with Crippen molar-refractivity contribution in [2.45, 2.75) is 45.8 Å². The number of hydrogen-bond donors (Lipinski definition) is 1. The molecule has 1 unspecified atom stereocenters. The number of rotatable bonds is 2. The van der Waals surface area contributed by atoms with E-state index in [1.54, 1.807) is 7.05 Å². The molecular formula is C15H21NO5S. The SMILES string of the molecule is Cc1sc(C(=O)O)c2c1CC(N(C)C(=O)OC(C)(C)C)CO2.